The molecule has 1 rings (SSSR count). The number of Topliss-reactive ketones (excluding diaryl/α,β-unsaturated/α-hetero) is 1. The molecular formula is C9H14N2O2S. The van der Waals surface area contributed by atoms with Crippen LogP contribution in [-0.4, -0.2) is 21.7 Å². The first-order valence-electron chi connectivity index (χ1n) is 4.61. The molecule has 0 fully saturated rings. The Balaban J connectivity index is 2.38. The van der Waals surface area contributed by atoms with E-state index in [1.807, 2.05) is 0 Å². The van der Waals surface area contributed by atoms with Gasteiger partial charge in [0.05, 0.1) is 5.75 Å². The Morgan fingerprint density at radius 1 is 1.57 bits per heavy atom. The zero-order valence-electron chi connectivity index (χ0n) is 8.45. The fourth-order valence-electron chi connectivity index (χ4n) is 0.927. The molecule has 1 aromatic heterocycles. The lowest BCUT2D eigenvalue weighted by Crippen LogP contribution is -1.94. The summed E-state index contributed by atoms with van der Waals surface area (Å²) in [5, 5.41) is 3.81. The van der Waals surface area contributed by atoms with Crippen molar-refractivity contribution in [2.24, 2.45) is 0 Å². The van der Waals surface area contributed by atoms with Gasteiger partial charge < -0.3 is 9.32 Å². The van der Waals surface area contributed by atoms with Crippen LogP contribution in [0.3, 0.4) is 0 Å². The second-order valence-corrected chi connectivity index (χ2v) is 4.22. The van der Waals surface area contributed by atoms with Crippen molar-refractivity contribution >= 4 is 17.5 Å². The van der Waals surface area contributed by atoms with Gasteiger partial charge in [0.15, 0.2) is 5.82 Å². The van der Waals surface area contributed by atoms with Crippen molar-refractivity contribution in [3.05, 3.63) is 11.7 Å². The maximum atomic E-state index is 10.7. The van der Waals surface area contributed by atoms with E-state index < -0.39 is 0 Å². The monoisotopic (exact) mass is 214 g/mol. The number of carbonyl (C=O) groups excluding carboxylic acids is 1. The van der Waals surface area contributed by atoms with Crippen LogP contribution >= 0.6 is 11.8 Å². The SMILES string of the molecule is CCSCc1noc(CCC(C)=O)n1. The first-order chi connectivity index (χ1) is 6.72. The minimum absolute atomic E-state index is 0.146. The number of nitrogens with zero attached hydrogens (tertiary/aromatic N) is 2. The number of hydrogen-bond acceptors (Lipinski definition) is 5. The van der Waals surface area contributed by atoms with Gasteiger partial charge in [0, 0.05) is 12.8 Å². The first kappa shape index (κ1) is 11.2. The molecule has 0 aliphatic carbocycles. The van der Waals surface area contributed by atoms with Gasteiger partial charge in [0.25, 0.3) is 0 Å². The third-order valence-corrected chi connectivity index (χ3v) is 2.51. The highest BCUT2D eigenvalue weighted by atomic mass is 32.2. The molecule has 0 aliphatic rings. The zero-order chi connectivity index (χ0) is 10.4. The largest absolute Gasteiger partial charge is 0.339 e. The quantitative estimate of drug-likeness (QED) is 0.723. The molecule has 0 radical (unpaired) electrons. The van der Waals surface area contributed by atoms with Crippen LogP contribution in [0.5, 0.6) is 0 Å². The van der Waals surface area contributed by atoms with E-state index in [1.54, 1.807) is 18.7 Å². The summed E-state index contributed by atoms with van der Waals surface area (Å²) in [6.07, 6.45) is 1.03. The lowest BCUT2D eigenvalue weighted by Gasteiger charge is -1.89. The molecule has 78 valence electrons. The van der Waals surface area contributed by atoms with Crippen LogP contribution in [0.2, 0.25) is 0 Å². The van der Waals surface area contributed by atoms with Crippen LogP contribution in [0.1, 0.15) is 32.0 Å². The Morgan fingerprint density at radius 2 is 2.36 bits per heavy atom. The van der Waals surface area contributed by atoms with Crippen LogP contribution in [0.25, 0.3) is 0 Å². The summed E-state index contributed by atoms with van der Waals surface area (Å²) in [6, 6.07) is 0. The molecule has 5 heteroatoms. The highest BCUT2D eigenvalue weighted by Gasteiger charge is 2.06. The molecule has 0 amide bonds. The van der Waals surface area contributed by atoms with Gasteiger partial charge in [-0.15, -0.1) is 0 Å². The maximum Gasteiger partial charge on any atom is 0.227 e. The number of ketones is 1. The average molecular weight is 214 g/mol. The molecular weight excluding hydrogens is 200 g/mol. The minimum atomic E-state index is 0.146. The van der Waals surface area contributed by atoms with Crippen molar-refractivity contribution in [2.45, 2.75) is 32.4 Å². The number of aryl methyl sites for hydroxylation is 1. The molecule has 0 saturated carbocycles. The number of aromatic nitrogens is 2. The van der Waals surface area contributed by atoms with Gasteiger partial charge in [-0.1, -0.05) is 12.1 Å². The number of thioether (sulfide) groups is 1. The fraction of sp³-hybridized carbons (Fsp3) is 0.667. The van der Waals surface area contributed by atoms with Crippen molar-refractivity contribution in [3.8, 4) is 0 Å². The van der Waals surface area contributed by atoms with E-state index in [2.05, 4.69) is 17.1 Å². The molecule has 1 heterocycles. The molecule has 0 N–H and O–H groups in total. The molecule has 0 aliphatic heterocycles. The summed E-state index contributed by atoms with van der Waals surface area (Å²) in [5.41, 5.74) is 0. The Kier molecular flexibility index (Phi) is 4.65. The van der Waals surface area contributed by atoms with Crippen LogP contribution in [0.15, 0.2) is 4.52 Å². The van der Waals surface area contributed by atoms with Gasteiger partial charge in [-0.25, -0.2) is 0 Å². The Bertz CT molecular complexity index is 299. The van der Waals surface area contributed by atoms with E-state index in [-0.39, 0.29) is 5.78 Å². The van der Waals surface area contributed by atoms with Gasteiger partial charge in [-0.2, -0.15) is 16.7 Å². The van der Waals surface area contributed by atoms with E-state index in [0.717, 1.165) is 17.3 Å². The van der Waals surface area contributed by atoms with E-state index in [0.29, 0.717) is 18.7 Å². The predicted octanol–water partition coefficient (Wildman–Crippen LogP) is 1.84. The molecule has 0 spiro atoms. The van der Waals surface area contributed by atoms with Gasteiger partial charge in [-0.3, -0.25) is 0 Å². The van der Waals surface area contributed by atoms with E-state index in [4.69, 9.17) is 4.52 Å². The van der Waals surface area contributed by atoms with Crippen molar-refractivity contribution in [2.75, 3.05) is 5.75 Å². The molecule has 4 nitrogen and oxygen atoms in total. The molecule has 14 heavy (non-hydrogen) atoms. The highest BCUT2D eigenvalue weighted by Crippen LogP contribution is 2.09. The molecule has 0 saturated heterocycles. The Morgan fingerprint density at radius 3 is 3.00 bits per heavy atom. The number of rotatable bonds is 6. The molecule has 0 aromatic carbocycles. The van der Waals surface area contributed by atoms with Crippen LogP contribution in [-0.2, 0) is 17.0 Å². The van der Waals surface area contributed by atoms with Crippen LogP contribution in [0.4, 0.5) is 0 Å². The van der Waals surface area contributed by atoms with Crippen molar-refractivity contribution in [1.82, 2.24) is 10.1 Å². The van der Waals surface area contributed by atoms with Crippen molar-refractivity contribution < 1.29 is 9.32 Å². The minimum Gasteiger partial charge on any atom is -0.339 e. The van der Waals surface area contributed by atoms with Gasteiger partial charge in [-0.05, 0) is 12.7 Å². The highest BCUT2D eigenvalue weighted by molar-refractivity contribution is 7.98. The standard InChI is InChI=1S/C9H14N2O2S/c1-3-14-6-8-10-9(13-11-8)5-4-7(2)12/h3-6H2,1-2H3. The van der Waals surface area contributed by atoms with E-state index in [1.165, 1.54) is 0 Å². The molecule has 0 atom stereocenters. The normalized spacial score (nSPS) is 10.4. The van der Waals surface area contributed by atoms with Crippen molar-refractivity contribution in [3.63, 3.8) is 0 Å². The third kappa shape index (κ3) is 3.91. The van der Waals surface area contributed by atoms with E-state index in [9.17, 15) is 4.79 Å². The topological polar surface area (TPSA) is 56.0 Å². The lowest BCUT2D eigenvalue weighted by atomic mass is 10.2. The Labute approximate surface area is 87.5 Å². The average Bonchev–Trinajstić information content (AvgIpc) is 2.59. The summed E-state index contributed by atoms with van der Waals surface area (Å²) < 4.78 is 4.99. The summed E-state index contributed by atoms with van der Waals surface area (Å²) in [4.78, 5) is 14.9. The summed E-state index contributed by atoms with van der Waals surface area (Å²) in [5.74, 6) is 3.24. The summed E-state index contributed by atoms with van der Waals surface area (Å²) >= 11 is 1.75. The number of hydrogen-bond donors (Lipinski definition) is 0. The van der Waals surface area contributed by atoms with Gasteiger partial charge in [0.1, 0.15) is 5.78 Å². The Hall–Kier alpha value is -0.840. The first-order valence-corrected chi connectivity index (χ1v) is 5.76. The van der Waals surface area contributed by atoms with Gasteiger partial charge in [0.2, 0.25) is 5.89 Å². The molecule has 0 unspecified atom stereocenters. The second-order valence-electron chi connectivity index (χ2n) is 2.94. The van der Waals surface area contributed by atoms with Crippen molar-refractivity contribution in [1.29, 1.82) is 0 Å². The number of carbonyl (C=O) groups is 1. The van der Waals surface area contributed by atoms with Gasteiger partial charge >= 0.3 is 0 Å². The third-order valence-electron chi connectivity index (χ3n) is 1.64. The van der Waals surface area contributed by atoms with Crippen LogP contribution in [0, 0.1) is 0 Å². The predicted molar refractivity (Wildman–Crippen MR) is 55.1 cm³/mol. The van der Waals surface area contributed by atoms with E-state index >= 15 is 0 Å². The molecule has 1 aromatic rings. The fourth-order valence-corrected chi connectivity index (χ4v) is 1.43. The lowest BCUT2D eigenvalue weighted by molar-refractivity contribution is -0.117. The molecule has 0 bridgehead atoms. The maximum absolute atomic E-state index is 10.7. The summed E-state index contributed by atoms with van der Waals surface area (Å²) in [6.45, 7) is 3.64. The summed E-state index contributed by atoms with van der Waals surface area (Å²) in [7, 11) is 0. The second kappa shape index (κ2) is 5.80. The zero-order valence-corrected chi connectivity index (χ0v) is 9.26. The smallest absolute Gasteiger partial charge is 0.227 e. The van der Waals surface area contributed by atoms with Crippen LogP contribution < -0.4 is 0 Å².